The molecule has 0 bridgehead atoms. The van der Waals surface area contributed by atoms with Crippen molar-refractivity contribution in [3.63, 3.8) is 0 Å². The fraction of sp³-hybridized carbons (Fsp3) is 1.00. The van der Waals surface area contributed by atoms with E-state index < -0.39 is 19.0 Å². The van der Waals surface area contributed by atoms with Gasteiger partial charge in [0, 0.05) is 0 Å². The Morgan fingerprint density at radius 3 is 2.00 bits per heavy atom. The summed E-state index contributed by atoms with van der Waals surface area (Å²) in [6.07, 6.45) is 0. The van der Waals surface area contributed by atoms with Crippen LogP contribution < -0.4 is 0 Å². The lowest BCUT2D eigenvalue weighted by Crippen LogP contribution is -2.10. The van der Waals surface area contributed by atoms with Crippen LogP contribution in [-0.4, -0.2) is 23.8 Å². The normalized spacial score (nSPS) is 10.3. The molecule has 46 valence electrons. The Labute approximate surface area is 49.3 Å². The molecule has 0 radical (unpaired) electrons. The summed E-state index contributed by atoms with van der Waals surface area (Å²) in [5.41, 5.74) is 0. The van der Waals surface area contributed by atoms with Gasteiger partial charge in [-0.15, -0.1) is 0 Å². The largest absolute Gasteiger partial charge is 0.443 e. The van der Waals surface area contributed by atoms with Gasteiger partial charge in [0.1, 0.15) is 0 Å². The third-order valence-electron chi connectivity index (χ3n) is 0.408. The van der Waals surface area contributed by atoms with Crippen LogP contribution in [0.1, 0.15) is 7.43 Å². The van der Waals surface area contributed by atoms with E-state index in [1.807, 2.05) is 13.1 Å². The van der Waals surface area contributed by atoms with E-state index in [0.717, 1.165) is 0 Å². The van der Waals surface area contributed by atoms with Crippen LogP contribution in [0.5, 0.6) is 0 Å². The lowest BCUT2D eigenvalue weighted by molar-refractivity contribution is 0.463. The summed E-state index contributed by atoms with van der Waals surface area (Å²) in [5, 5.41) is 0. The van der Waals surface area contributed by atoms with Gasteiger partial charge in [-0.05, 0) is 13.1 Å². The number of rotatable bonds is 2. The predicted molar refractivity (Wildman–Crippen MR) is 37.5 cm³/mol. The van der Waals surface area contributed by atoms with E-state index in [9.17, 15) is 0 Å². The Balaban J connectivity index is 0. The zero-order valence-corrected chi connectivity index (χ0v) is 6.71. The van der Waals surface area contributed by atoms with Gasteiger partial charge in [0.15, 0.2) is 9.04 Å². The Morgan fingerprint density at radius 1 is 1.57 bits per heavy atom. The summed E-state index contributed by atoms with van der Waals surface area (Å²) in [7, 11) is -1.93. The Bertz CT molecular complexity index is 32.1. The Kier molecular flexibility index (Phi) is 9.40. The summed E-state index contributed by atoms with van der Waals surface area (Å²) in [4.78, 5) is 8.19. The fourth-order valence-electron chi connectivity index (χ4n) is 0.149. The summed E-state index contributed by atoms with van der Waals surface area (Å²) in [6.45, 7) is 4.09. The van der Waals surface area contributed by atoms with E-state index >= 15 is 0 Å². The molecule has 0 aliphatic carbocycles. The van der Waals surface area contributed by atoms with Gasteiger partial charge in [0.25, 0.3) is 10.0 Å². The minimum absolute atomic E-state index is 0. The fourth-order valence-corrected chi connectivity index (χ4v) is 1.34. The zero-order chi connectivity index (χ0) is 4.99. The standard InChI is InChI=1S/C2H10O2Si2.CH4/c1-6(2)4-5-3;/h3,6H,5H2,1-2H3;1H4. The molecule has 0 unspecified atom stereocenters. The molecule has 0 fully saturated rings. The van der Waals surface area contributed by atoms with Crippen LogP contribution in [0.3, 0.4) is 0 Å². The lowest BCUT2D eigenvalue weighted by Gasteiger charge is -1.97. The van der Waals surface area contributed by atoms with Crippen molar-refractivity contribution in [2.45, 2.75) is 20.5 Å². The minimum atomic E-state index is -1.07. The van der Waals surface area contributed by atoms with Gasteiger partial charge in [-0.25, -0.2) is 0 Å². The second kappa shape index (κ2) is 6.35. The van der Waals surface area contributed by atoms with E-state index in [0.29, 0.717) is 0 Å². The first-order chi connectivity index (χ1) is 2.77. The molecule has 7 heavy (non-hydrogen) atoms. The van der Waals surface area contributed by atoms with E-state index in [1.165, 1.54) is 0 Å². The van der Waals surface area contributed by atoms with Crippen molar-refractivity contribution < 1.29 is 8.91 Å². The molecule has 0 aliphatic rings. The van der Waals surface area contributed by atoms with Gasteiger partial charge in [-0.3, -0.25) is 0 Å². The third kappa shape index (κ3) is 10.7. The molecular formula is C3H14O2Si2. The SMILES string of the molecule is C.C[SiH](C)O[SiH2]O. The zero-order valence-electron chi connectivity index (χ0n) is 4.14. The first kappa shape index (κ1) is 10.4. The smallest absolute Gasteiger partial charge is 0.291 e. The topological polar surface area (TPSA) is 29.5 Å². The first-order valence-corrected chi connectivity index (χ1v) is 5.99. The van der Waals surface area contributed by atoms with E-state index in [-0.39, 0.29) is 7.43 Å². The monoisotopic (exact) mass is 138 g/mol. The van der Waals surface area contributed by atoms with Gasteiger partial charge in [0.2, 0.25) is 0 Å². The Hall–Kier alpha value is 0.354. The predicted octanol–water partition coefficient (Wildman–Crippen LogP) is -0.386. The van der Waals surface area contributed by atoms with E-state index in [4.69, 9.17) is 8.91 Å². The van der Waals surface area contributed by atoms with Gasteiger partial charge >= 0.3 is 0 Å². The second-order valence-electron chi connectivity index (χ2n) is 1.34. The molecule has 0 aromatic heterocycles. The van der Waals surface area contributed by atoms with Crippen molar-refractivity contribution in [1.82, 2.24) is 0 Å². The van der Waals surface area contributed by atoms with Crippen molar-refractivity contribution in [3.8, 4) is 0 Å². The van der Waals surface area contributed by atoms with Gasteiger partial charge in [-0.1, -0.05) is 7.43 Å². The van der Waals surface area contributed by atoms with Crippen LogP contribution >= 0.6 is 0 Å². The van der Waals surface area contributed by atoms with Gasteiger partial charge in [0.05, 0.1) is 0 Å². The molecule has 0 rings (SSSR count). The third-order valence-corrected chi connectivity index (χ3v) is 3.67. The molecule has 0 spiro atoms. The molecular weight excluding hydrogens is 124 g/mol. The maximum Gasteiger partial charge on any atom is 0.291 e. The molecule has 0 aliphatic heterocycles. The highest BCUT2D eigenvalue weighted by atomic mass is 28.4. The van der Waals surface area contributed by atoms with Crippen LogP contribution in [0.25, 0.3) is 0 Å². The molecule has 0 saturated heterocycles. The van der Waals surface area contributed by atoms with Crippen LogP contribution in [0.2, 0.25) is 13.1 Å². The molecule has 0 saturated carbocycles. The second-order valence-corrected chi connectivity index (χ2v) is 5.03. The minimum Gasteiger partial charge on any atom is -0.443 e. The molecule has 2 nitrogen and oxygen atoms in total. The first-order valence-electron chi connectivity index (χ1n) is 2.00. The summed E-state index contributed by atoms with van der Waals surface area (Å²) in [6, 6.07) is 0. The van der Waals surface area contributed by atoms with Crippen molar-refractivity contribution in [2.24, 2.45) is 0 Å². The van der Waals surface area contributed by atoms with Gasteiger partial charge < -0.3 is 8.91 Å². The molecule has 0 heterocycles. The van der Waals surface area contributed by atoms with Crippen molar-refractivity contribution in [1.29, 1.82) is 0 Å². The van der Waals surface area contributed by atoms with Gasteiger partial charge in [-0.2, -0.15) is 0 Å². The van der Waals surface area contributed by atoms with E-state index in [1.54, 1.807) is 0 Å². The lowest BCUT2D eigenvalue weighted by atomic mass is 11.9. The van der Waals surface area contributed by atoms with Crippen LogP contribution in [0, 0.1) is 0 Å². The molecule has 0 amide bonds. The van der Waals surface area contributed by atoms with Crippen LogP contribution in [0.4, 0.5) is 0 Å². The highest BCUT2D eigenvalue weighted by molar-refractivity contribution is 6.54. The average molecular weight is 138 g/mol. The molecule has 0 aromatic carbocycles. The summed E-state index contributed by atoms with van der Waals surface area (Å²) in [5.74, 6) is 0. The van der Waals surface area contributed by atoms with Crippen LogP contribution in [0.15, 0.2) is 0 Å². The highest BCUT2D eigenvalue weighted by Gasteiger charge is 1.88. The van der Waals surface area contributed by atoms with Crippen molar-refractivity contribution in [2.75, 3.05) is 0 Å². The average Bonchev–Trinajstić information content (AvgIpc) is 1.35. The number of hydrogen-bond donors (Lipinski definition) is 1. The highest BCUT2D eigenvalue weighted by Crippen LogP contribution is 1.75. The summed E-state index contributed by atoms with van der Waals surface area (Å²) < 4.78 is 4.88. The summed E-state index contributed by atoms with van der Waals surface area (Å²) >= 11 is 0. The molecule has 0 atom stereocenters. The number of hydrogen-bond acceptors (Lipinski definition) is 2. The van der Waals surface area contributed by atoms with Crippen molar-refractivity contribution in [3.05, 3.63) is 0 Å². The molecule has 1 N–H and O–H groups in total. The van der Waals surface area contributed by atoms with Crippen molar-refractivity contribution >= 4 is 19.0 Å². The molecule has 0 aromatic rings. The maximum absolute atomic E-state index is 8.19. The maximum atomic E-state index is 8.19. The quantitative estimate of drug-likeness (QED) is 0.527. The Morgan fingerprint density at radius 2 is 2.00 bits per heavy atom. The van der Waals surface area contributed by atoms with Crippen LogP contribution in [-0.2, 0) is 4.12 Å². The molecule has 4 heteroatoms. The van der Waals surface area contributed by atoms with E-state index in [2.05, 4.69) is 0 Å².